The van der Waals surface area contributed by atoms with Crippen molar-refractivity contribution in [2.75, 3.05) is 6.61 Å². The summed E-state index contributed by atoms with van der Waals surface area (Å²) >= 11 is 1.53. The number of hydrogen-bond donors (Lipinski definition) is 1. The number of nitrogens with two attached hydrogens (primary N) is 1. The molecule has 1 unspecified atom stereocenters. The van der Waals surface area contributed by atoms with E-state index < -0.39 is 30.4 Å². The van der Waals surface area contributed by atoms with E-state index in [0.717, 1.165) is 10.6 Å². The van der Waals surface area contributed by atoms with Gasteiger partial charge in [0.2, 0.25) is 5.91 Å². The lowest BCUT2D eigenvalue weighted by atomic mass is 10.1. The molecule has 9 heteroatoms. The Bertz CT molecular complexity index is 1090. The number of carbonyl (C=O) groups is 3. The summed E-state index contributed by atoms with van der Waals surface area (Å²) in [5.41, 5.74) is 6.44. The van der Waals surface area contributed by atoms with Gasteiger partial charge in [0, 0.05) is 12.0 Å². The van der Waals surface area contributed by atoms with Gasteiger partial charge in [-0.05, 0) is 47.8 Å². The van der Waals surface area contributed by atoms with E-state index in [0.29, 0.717) is 12.2 Å². The van der Waals surface area contributed by atoms with E-state index in [1.807, 2.05) is 17.5 Å². The van der Waals surface area contributed by atoms with Gasteiger partial charge in [-0.2, -0.15) is 5.10 Å². The molecule has 0 radical (unpaired) electrons. The van der Waals surface area contributed by atoms with Crippen LogP contribution < -0.4 is 5.73 Å². The first-order valence-corrected chi connectivity index (χ1v) is 9.94. The molecule has 3 aromatic rings. The van der Waals surface area contributed by atoms with E-state index in [1.165, 1.54) is 46.9 Å². The van der Waals surface area contributed by atoms with E-state index in [-0.39, 0.29) is 11.1 Å². The van der Waals surface area contributed by atoms with Crippen molar-refractivity contribution < 1.29 is 23.5 Å². The van der Waals surface area contributed by atoms with Gasteiger partial charge in [0.25, 0.3) is 5.91 Å². The van der Waals surface area contributed by atoms with Crippen molar-refractivity contribution in [2.24, 2.45) is 10.8 Å². The van der Waals surface area contributed by atoms with Crippen LogP contribution in [0.25, 0.3) is 0 Å². The van der Waals surface area contributed by atoms with Gasteiger partial charge in [0.15, 0.2) is 6.61 Å². The summed E-state index contributed by atoms with van der Waals surface area (Å²) < 4.78 is 10.6. The zero-order valence-corrected chi connectivity index (χ0v) is 16.5. The standard InChI is InChI=1S/C21H17N3O5S/c22-20(26)13-5-7-14(8-6-13)21(27)29-12-19(25)24-16(17-3-1-9-28-17)11-15(23-24)18-4-2-10-30-18/h1-10,16H,11-12H2,(H2,22,26). The zero-order valence-electron chi connectivity index (χ0n) is 15.7. The molecule has 1 atom stereocenters. The van der Waals surface area contributed by atoms with Gasteiger partial charge in [-0.1, -0.05) is 6.07 Å². The molecule has 2 amide bonds. The van der Waals surface area contributed by atoms with Gasteiger partial charge < -0.3 is 14.9 Å². The van der Waals surface area contributed by atoms with Gasteiger partial charge in [-0.15, -0.1) is 11.3 Å². The number of hydrazone groups is 1. The van der Waals surface area contributed by atoms with Gasteiger partial charge in [-0.3, -0.25) is 9.59 Å². The molecule has 0 saturated carbocycles. The largest absolute Gasteiger partial charge is 0.467 e. The highest BCUT2D eigenvalue weighted by Crippen LogP contribution is 2.34. The number of primary amides is 1. The number of esters is 1. The Balaban J connectivity index is 1.46. The molecule has 8 nitrogen and oxygen atoms in total. The predicted octanol–water partition coefficient (Wildman–Crippen LogP) is 2.97. The van der Waals surface area contributed by atoms with Crippen LogP contribution in [0.2, 0.25) is 0 Å². The van der Waals surface area contributed by atoms with Crippen LogP contribution >= 0.6 is 11.3 Å². The molecule has 0 fully saturated rings. The van der Waals surface area contributed by atoms with Crippen molar-refractivity contribution in [1.29, 1.82) is 0 Å². The van der Waals surface area contributed by atoms with E-state index in [4.69, 9.17) is 14.9 Å². The second-order valence-electron chi connectivity index (χ2n) is 6.52. The normalized spacial score (nSPS) is 15.7. The fourth-order valence-corrected chi connectivity index (χ4v) is 3.80. The molecule has 0 bridgehead atoms. The maximum absolute atomic E-state index is 12.8. The summed E-state index contributed by atoms with van der Waals surface area (Å²) in [4.78, 5) is 37.1. The first-order chi connectivity index (χ1) is 14.5. The Hall–Kier alpha value is -3.72. The Morgan fingerprint density at radius 2 is 1.90 bits per heavy atom. The lowest BCUT2D eigenvalue weighted by molar-refractivity contribution is -0.136. The number of nitrogens with zero attached hydrogens (tertiary/aromatic N) is 2. The number of hydrogen-bond acceptors (Lipinski definition) is 7. The molecule has 2 aromatic heterocycles. The Labute approximate surface area is 175 Å². The van der Waals surface area contributed by atoms with E-state index in [9.17, 15) is 14.4 Å². The average Bonchev–Trinajstić information content (AvgIpc) is 3.52. The number of rotatable bonds is 6. The molecule has 1 aliphatic rings. The van der Waals surface area contributed by atoms with Crippen LogP contribution in [0.3, 0.4) is 0 Å². The topological polar surface area (TPSA) is 115 Å². The molecule has 0 spiro atoms. The van der Waals surface area contributed by atoms with Crippen molar-refractivity contribution in [3.63, 3.8) is 0 Å². The highest BCUT2D eigenvalue weighted by Gasteiger charge is 2.35. The van der Waals surface area contributed by atoms with Crippen molar-refractivity contribution in [3.8, 4) is 0 Å². The molecule has 1 aromatic carbocycles. The average molecular weight is 423 g/mol. The summed E-state index contributed by atoms with van der Waals surface area (Å²) in [6.45, 7) is -0.477. The summed E-state index contributed by atoms with van der Waals surface area (Å²) in [5.74, 6) is -1.14. The fraction of sp³-hybridized carbons (Fsp3) is 0.143. The van der Waals surface area contributed by atoms with Gasteiger partial charge in [0.05, 0.1) is 22.4 Å². The zero-order chi connectivity index (χ0) is 21.1. The fourth-order valence-electron chi connectivity index (χ4n) is 3.08. The second-order valence-corrected chi connectivity index (χ2v) is 7.46. The highest BCUT2D eigenvalue weighted by atomic mass is 32.1. The summed E-state index contributed by atoms with van der Waals surface area (Å²) in [5, 5.41) is 7.70. The third-order valence-electron chi connectivity index (χ3n) is 4.57. The third kappa shape index (κ3) is 4.01. The van der Waals surface area contributed by atoms with Gasteiger partial charge in [-0.25, -0.2) is 9.80 Å². The molecule has 4 rings (SSSR count). The minimum absolute atomic E-state index is 0.208. The van der Waals surface area contributed by atoms with Crippen LogP contribution in [-0.2, 0) is 9.53 Å². The van der Waals surface area contributed by atoms with Crippen molar-refractivity contribution in [3.05, 3.63) is 81.9 Å². The lowest BCUT2D eigenvalue weighted by Crippen LogP contribution is -2.31. The Morgan fingerprint density at radius 1 is 1.13 bits per heavy atom. The Morgan fingerprint density at radius 3 is 2.53 bits per heavy atom. The van der Waals surface area contributed by atoms with Crippen LogP contribution in [0, 0.1) is 0 Å². The number of benzene rings is 1. The molecule has 152 valence electrons. The molecule has 1 aliphatic heterocycles. The molecule has 30 heavy (non-hydrogen) atoms. The summed E-state index contributed by atoms with van der Waals surface area (Å²) in [7, 11) is 0. The number of thiophene rings is 1. The quantitative estimate of drug-likeness (QED) is 0.612. The molecule has 0 aliphatic carbocycles. The van der Waals surface area contributed by atoms with Crippen molar-refractivity contribution in [1.82, 2.24) is 5.01 Å². The summed E-state index contributed by atoms with van der Waals surface area (Å²) in [6.07, 6.45) is 2.04. The first-order valence-electron chi connectivity index (χ1n) is 9.06. The lowest BCUT2D eigenvalue weighted by Gasteiger charge is -2.19. The minimum atomic E-state index is -0.685. The van der Waals surface area contributed by atoms with E-state index >= 15 is 0 Å². The Kier molecular flexibility index (Phi) is 5.44. The number of carbonyl (C=O) groups excluding carboxylic acids is 3. The predicted molar refractivity (Wildman–Crippen MR) is 109 cm³/mol. The smallest absolute Gasteiger partial charge is 0.338 e. The third-order valence-corrected chi connectivity index (χ3v) is 5.49. The highest BCUT2D eigenvalue weighted by molar-refractivity contribution is 7.12. The van der Waals surface area contributed by atoms with Gasteiger partial charge in [0.1, 0.15) is 11.8 Å². The minimum Gasteiger partial charge on any atom is -0.467 e. The maximum atomic E-state index is 12.8. The molecular weight excluding hydrogens is 406 g/mol. The first kappa shape index (κ1) is 19.6. The van der Waals surface area contributed by atoms with E-state index in [1.54, 1.807) is 12.1 Å². The maximum Gasteiger partial charge on any atom is 0.338 e. The van der Waals surface area contributed by atoms with Crippen molar-refractivity contribution in [2.45, 2.75) is 12.5 Å². The summed E-state index contributed by atoms with van der Waals surface area (Å²) in [6, 6.07) is 12.7. The van der Waals surface area contributed by atoms with Crippen LogP contribution in [0.15, 0.2) is 69.7 Å². The number of ether oxygens (including phenoxy) is 1. The van der Waals surface area contributed by atoms with Crippen LogP contribution in [-0.4, -0.2) is 35.1 Å². The number of furan rings is 1. The van der Waals surface area contributed by atoms with Crippen LogP contribution in [0.4, 0.5) is 0 Å². The van der Waals surface area contributed by atoms with E-state index in [2.05, 4.69) is 5.10 Å². The van der Waals surface area contributed by atoms with Crippen LogP contribution in [0.1, 0.15) is 43.8 Å². The SMILES string of the molecule is NC(=O)c1ccc(C(=O)OCC(=O)N2N=C(c3cccs3)CC2c2ccco2)cc1. The van der Waals surface area contributed by atoms with Crippen molar-refractivity contribution >= 4 is 34.8 Å². The number of amides is 2. The molecular formula is C21H17N3O5S. The molecule has 0 saturated heterocycles. The van der Waals surface area contributed by atoms with Gasteiger partial charge >= 0.3 is 5.97 Å². The second kappa shape index (κ2) is 8.34. The molecule has 2 N–H and O–H groups in total. The van der Waals surface area contributed by atoms with Crippen LogP contribution in [0.5, 0.6) is 0 Å². The molecule has 3 heterocycles. The monoisotopic (exact) mass is 423 g/mol.